The lowest BCUT2D eigenvalue weighted by atomic mass is 10.3. The van der Waals surface area contributed by atoms with Gasteiger partial charge in [-0.25, -0.2) is 4.79 Å². The van der Waals surface area contributed by atoms with Crippen LogP contribution in [0.15, 0.2) is 0 Å². The first-order valence-electron chi connectivity index (χ1n) is 3.22. The van der Waals surface area contributed by atoms with Crippen molar-refractivity contribution in [3.8, 4) is 6.19 Å². The molecule has 8 nitrogen and oxygen atoms in total. The van der Waals surface area contributed by atoms with Gasteiger partial charge in [-0.15, -0.1) is 0 Å². The lowest BCUT2D eigenvalue weighted by Gasteiger charge is -1.99. The smallest absolute Gasteiger partial charge is 0.343 e. The third-order valence-corrected chi connectivity index (χ3v) is 1.24. The first-order chi connectivity index (χ1) is 6.56. The Morgan fingerprint density at radius 1 is 1.43 bits per heavy atom. The van der Waals surface area contributed by atoms with E-state index in [1.807, 2.05) is 0 Å². The van der Waals surface area contributed by atoms with E-state index >= 15 is 0 Å². The fourth-order valence-electron chi connectivity index (χ4n) is 0.456. The summed E-state index contributed by atoms with van der Waals surface area (Å²) in [5.41, 5.74) is 1.61. The van der Waals surface area contributed by atoms with E-state index in [-0.39, 0.29) is 6.42 Å². The van der Waals surface area contributed by atoms with Crippen LogP contribution in [0.2, 0.25) is 0 Å². The summed E-state index contributed by atoms with van der Waals surface area (Å²) in [6, 6.07) is 0. The Bertz CT molecular complexity index is 284. The third-order valence-electron chi connectivity index (χ3n) is 0.908. The van der Waals surface area contributed by atoms with Gasteiger partial charge in [0.05, 0.1) is 12.8 Å². The molecule has 0 aliphatic carbocycles. The summed E-state index contributed by atoms with van der Waals surface area (Å²) in [5, 5.41) is 7.91. The van der Waals surface area contributed by atoms with Crippen LogP contribution < -0.4 is 5.48 Å². The summed E-state index contributed by atoms with van der Waals surface area (Å²) in [6.07, 6.45) is 0.560. The highest BCUT2D eigenvalue weighted by atomic mass is 32.2. The summed E-state index contributed by atoms with van der Waals surface area (Å²) >= 11 is -2.69. The first-order valence-corrected chi connectivity index (χ1v) is 4.25. The normalized spacial score (nSPS) is 10.9. The number of hydrogen-bond acceptors (Lipinski definition) is 7. The topological polar surface area (TPSA) is 126 Å². The Morgan fingerprint density at radius 2 is 2.00 bits per heavy atom. The molecule has 0 spiro atoms. The number of nitrogens with one attached hydrogen (secondary N) is 1. The Hall–Kier alpha value is -1.66. The van der Waals surface area contributed by atoms with Crippen molar-refractivity contribution in [3.05, 3.63) is 0 Å². The van der Waals surface area contributed by atoms with E-state index in [1.165, 1.54) is 6.19 Å². The van der Waals surface area contributed by atoms with Gasteiger partial charge >= 0.3 is 23.3 Å². The van der Waals surface area contributed by atoms with Crippen molar-refractivity contribution in [1.82, 2.24) is 5.48 Å². The number of hydroxylamine groups is 1. The summed E-state index contributed by atoms with van der Waals surface area (Å²) < 4.78 is 21.8. The number of hydrogen-bond donors (Lipinski definition) is 2. The van der Waals surface area contributed by atoms with Gasteiger partial charge in [0.25, 0.3) is 0 Å². The molecular formula is C5H6N2O6S. The van der Waals surface area contributed by atoms with Crippen molar-refractivity contribution in [2.24, 2.45) is 0 Å². The second kappa shape index (κ2) is 6.81. The van der Waals surface area contributed by atoms with E-state index in [2.05, 4.69) is 9.02 Å². The van der Waals surface area contributed by atoms with Crippen molar-refractivity contribution >= 4 is 23.3 Å². The quantitative estimate of drug-likeness (QED) is 0.262. The van der Waals surface area contributed by atoms with Crippen molar-refractivity contribution in [1.29, 1.82) is 5.26 Å². The van der Waals surface area contributed by atoms with Gasteiger partial charge in [0.15, 0.2) is 0 Å². The molecule has 0 aromatic rings. The molecule has 0 rings (SSSR count). The van der Waals surface area contributed by atoms with Crippen molar-refractivity contribution in [2.75, 3.05) is 0 Å². The number of rotatable bonds is 5. The molecule has 1 unspecified atom stereocenters. The van der Waals surface area contributed by atoms with Crippen LogP contribution in [0.1, 0.15) is 12.8 Å². The van der Waals surface area contributed by atoms with Gasteiger partial charge in [-0.05, 0) is 0 Å². The van der Waals surface area contributed by atoms with Crippen LogP contribution >= 0.6 is 0 Å². The standard InChI is InChI=1S/C5H6N2O6S/c6-3-7-12-4(8)1-2-5(9)13-14(10)11/h7H,1-2H2,(H,10,11). The summed E-state index contributed by atoms with van der Waals surface area (Å²) in [7, 11) is 0. The molecule has 14 heavy (non-hydrogen) atoms. The number of nitriles is 1. The van der Waals surface area contributed by atoms with Crippen LogP contribution in [0.3, 0.4) is 0 Å². The number of nitrogens with zero attached hydrogens (tertiary/aromatic N) is 1. The zero-order valence-corrected chi connectivity index (χ0v) is 7.57. The second-order valence-corrected chi connectivity index (χ2v) is 2.46. The molecule has 1 atom stereocenters. The van der Waals surface area contributed by atoms with Gasteiger partial charge in [0.2, 0.25) is 6.19 Å². The van der Waals surface area contributed by atoms with Gasteiger partial charge in [0, 0.05) is 0 Å². The fourth-order valence-corrected chi connectivity index (χ4v) is 0.698. The second-order valence-electron chi connectivity index (χ2n) is 1.86. The zero-order valence-electron chi connectivity index (χ0n) is 6.76. The fraction of sp³-hybridized carbons (Fsp3) is 0.400. The van der Waals surface area contributed by atoms with Gasteiger partial charge in [-0.1, -0.05) is 0 Å². The molecular weight excluding hydrogens is 216 g/mol. The maximum Gasteiger partial charge on any atom is 0.360 e. The van der Waals surface area contributed by atoms with Crippen molar-refractivity contribution in [2.45, 2.75) is 12.8 Å². The first kappa shape index (κ1) is 12.3. The van der Waals surface area contributed by atoms with E-state index in [1.54, 1.807) is 5.48 Å². The molecule has 9 heteroatoms. The minimum absolute atomic E-state index is 0.356. The van der Waals surface area contributed by atoms with Crippen LogP contribution in [0, 0.1) is 11.5 Å². The van der Waals surface area contributed by atoms with Crippen LogP contribution in [0.5, 0.6) is 0 Å². The number of carbonyl (C=O) groups is 2. The minimum atomic E-state index is -2.69. The van der Waals surface area contributed by atoms with Crippen LogP contribution in [-0.4, -0.2) is 20.7 Å². The molecule has 0 fully saturated rings. The Kier molecular flexibility index (Phi) is 6.01. The third kappa shape index (κ3) is 7.01. The lowest BCUT2D eigenvalue weighted by molar-refractivity contribution is -0.150. The van der Waals surface area contributed by atoms with Crippen LogP contribution in [0.4, 0.5) is 0 Å². The van der Waals surface area contributed by atoms with Gasteiger partial charge in [-0.3, -0.25) is 9.35 Å². The Morgan fingerprint density at radius 3 is 2.50 bits per heavy atom. The van der Waals surface area contributed by atoms with Crippen molar-refractivity contribution in [3.63, 3.8) is 0 Å². The molecule has 0 bridgehead atoms. The van der Waals surface area contributed by atoms with Gasteiger partial charge in [0.1, 0.15) is 0 Å². The molecule has 78 valence electrons. The maximum atomic E-state index is 10.6. The predicted octanol–water partition coefficient (Wildman–Crippen LogP) is -1.02. The molecule has 0 aromatic carbocycles. The highest BCUT2D eigenvalue weighted by molar-refractivity contribution is 7.74. The highest BCUT2D eigenvalue weighted by Crippen LogP contribution is 1.95. The highest BCUT2D eigenvalue weighted by Gasteiger charge is 2.11. The largest absolute Gasteiger partial charge is 0.360 e. The molecule has 2 N–H and O–H groups in total. The van der Waals surface area contributed by atoms with Gasteiger partial charge < -0.3 is 9.02 Å². The molecule has 0 aromatic heterocycles. The van der Waals surface area contributed by atoms with Crippen LogP contribution in [-0.2, 0) is 30.0 Å². The van der Waals surface area contributed by atoms with E-state index < -0.39 is 29.7 Å². The summed E-state index contributed by atoms with van der Waals surface area (Å²) in [6.45, 7) is 0. The molecule has 0 aliphatic heterocycles. The maximum absolute atomic E-state index is 10.6. The summed E-state index contributed by atoms with van der Waals surface area (Å²) in [4.78, 5) is 25.2. The molecule has 0 radical (unpaired) electrons. The van der Waals surface area contributed by atoms with E-state index in [9.17, 15) is 13.8 Å². The van der Waals surface area contributed by atoms with Crippen molar-refractivity contribution < 1.29 is 27.4 Å². The Balaban J connectivity index is 3.62. The molecule has 0 saturated heterocycles. The molecule has 0 aliphatic rings. The van der Waals surface area contributed by atoms with Gasteiger partial charge in [-0.2, -0.15) is 15.0 Å². The van der Waals surface area contributed by atoms with E-state index in [4.69, 9.17) is 9.81 Å². The monoisotopic (exact) mass is 222 g/mol. The molecule has 0 amide bonds. The molecule has 0 saturated carbocycles. The van der Waals surface area contributed by atoms with E-state index in [0.29, 0.717) is 0 Å². The molecule has 0 heterocycles. The average Bonchev–Trinajstić information content (AvgIpc) is 2.10. The average molecular weight is 222 g/mol. The summed E-state index contributed by atoms with van der Waals surface area (Å²) in [5.74, 6) is -1.87. The SMILES string of the molecule is N#CNOC(=O)CCC(=O)OS(=O)O. The lowest BCUT2D eigenvalue weighted by Crippen LogP contribution is -2.16. The minimum Gasteiger partial charge on any atom is -0.343 e. The zero-order chi connectivity index (χ0) is 11.0. The predicted molar refractivity (Wildman–Crippen MR) is 40.9 cm³/mol. The van der Waals surface area contributed by atoms with E-state index in [0.717, 1.165) is 0 Å². The Labute approximate surface area is 81.2 Å². The van der Waals surface area contributed by atoms with Crippen LogP contribution in [0.25, 0.3) is 0 Å². The number of carbonyl (C=O) groups excluding carboxylic acids is 2.